The van der Waals surface area contributed by atoms with Crippen LogP contribution in [0, 0.1) is 6.92 Å². The molecule has 0 bridgehead atoms. The second-order valence-electron chi connectivity index (χ2n) is 6.64. The molecule has 3 rings (SSSR count). The summed E-state index contributed by atoms with van der Waals surface area (Å²) in [4.78, 5) is 15.3. The number of rotatable bonds is 6. The molecule has 30 heavy (non-hydrogen) atoms. The van der Waals surface area contributed by atoms with Crippen LogP contribution in [-0.4, -0.2) is 16.1 Å². The maximum absolute atomic E-state index is 12.7. The van der Waals surface area contributed by atoms with E-state index in [1.165, 1.54) is 18.2 Å². The van der Waals surface area contributed by atoms with Crippen LogP contribution in [0.15, 0.2) is 46.9 Å². The summed E-state index contributed by atoms with van der Waals surface area (Å²) in [5.74, 6) is -0.766. The van der Waals surface area contributed by atoms with Crippen molar-refractivity contribution in [2.75, 3.05) is 0 Å². The average molecular weight is 440 g/mol. The van der Waals surface area contributed by atoms with Gasteiger partial charge in [0.2, 0.25) is 5.89 Å². The Hall–Kier alpha value is -3.00. The predicted molar refractivity (Wildman–Crippen MR) is 104 cm³/mol. The fourth-order valence-corrected chi connectivity index (χ4v) is 2.92. The zero-order valence-corrected chi connectivity index (χ0v) is 16.7. The van der Waals surface area contributed by atoms with Gasteiger partial charge < -0.3 is 14.3 Å². The molecule has 1 heterocycles. The highest BCUT2D eigenvalue weighted by molar-refractivity contribution is 6.32. The first-order valence-electron chi connectivity index (χ1n) is 8.85. The van der Waals surface area contributed by atoms with Crippen molar-refractivity contribution in [1.29, 1.82) is 0 Å². The number of oxazole rings is 1. The maximum Gasteiger partial charge on any atom is 0.416 e. The molecule has 0 aliphatic rings. The second kappa shape index (κ2) is 8.39. The van der Waals surface area contributed by atoms with Crippen LogP contribution < -0.4 is 4.74 Å². The number of hydrogen-bond acceptors (Lipinski definition) is 4. The smallest absolute Gasteiger partial charge is 0.416 e. The van der Waals surface area contributed by atoms with Crippen LogP contribution in [0.1, 0.15) is 35.4 Å². The molecule has 1 aromatic heterocycles. The van der Waals surface area contributed by atoms with Crippen molar-refractivity contribution in [2.45, 2.75) is 32.5 Å². The fourth-order valence-electron chi connectivity index (χ4n) is 2.68. The van der Waals surface area contributed by atoms with E-state index in [1.54, 1.807) is 26.0 Å². The van der Waals surface area contributed by atoms with Gasteiger partial charge >= 0.3 is 12.1 Å². The topological polar surface area (TPSA) is 72.6 Å². The third-order valence-corrected chi connectivity index (χ3v) is 4.83. The summed E-state index contributed by atoms with van der Waals surface area (Å²) >= 11 is 6.18. The lowest BCUT2D eigenvalue weighted by molar-refractivity contribution is -0.138. The molecule has 0 saturated heterocycles. The molecular weight excluding hydrogens is 423 g/mol. The zero-order chi connectivity index (χ0) is 22.1. The summed E-state index contributed by atoms with van der Waals surface area (Å²) in [6, 6.07) is 9.21. The molecule has 0 saturated carbocycles. The van der Waals surface area contributed by atoms with Crippen LogP contribution in [0.4, 0.5) is 13.2 Å². The number of carbonyl (C=O) groups is 1. The van der Waals surface area contributed by atoms with Crippen LogP contribution >= 0.6 is 11.6 Å². The van der Waals surface area contributed by atoms with Gasteiger partial charge in [-0.15, -0.1) is 0 Å². The number of hydrogen-bond donors (Lipinski definition) is 1. The van der Waals surface area contributed by atoms with Gasteiger partial charge in [-0.25, -0.2) is 4.98 Å². The molecule has 0 fully saturated rings. The number of ether oxygens (including phenoxy) is 1. The monoisotopic (exact) mass is 439 g/mol. The van der Waals surface area contributed by atoms with E-state index in [2.05, 4.69) is 4.98 Å². The summed E-state index contributed by atoms with van der Waals surface area (Å²) in [5, 5.41) is 9.33. The van der Waals surface area contributed by atoms with E-state index in [0.29, 0.717) is 28.3 Å². The Labute approximate surface area is 175 Å². The van der Waals surface area contributed by atoms with Crippen LogP contribution in [0.3, 0.4) is 0 Å². The Morgan fingerprint density at radius 2 is 1.90 bits per heavy atom. The minimum absolute atomic E-state index is 0.00693. The number of carboxylic acids is 1. The Morgan fingerprint density at radius 3 is 2.47 bits per heavy atom. The van der Waals surface area contributed by atoms with Crippen LogP contribution in [0.5, 0.6) is 5.75 Å². The van der Waals surface area contributed by atoms with Gasteiger partial charge in [-0.05, 0) is 55.8 Å². The molecule has 3 aromatic rings. The molecule has 9 heteroatoms. The Balaban J connectivity index is 1.73. The molecule has 5 nitrogen and oxygen atoms in total. The van der Waals surface area contributed by atoms with Gasteiger partial charge in [0.1, 0.15) is 12.4 Å². The number of halogens is 4. The zero-order valence-electron chi connectivity index (χ0n) is 16.0. The Kier molecular flexibility index (Phi) is 6.07. The predicted octanol–water partition coefficient (Wildman–Crippen LogP) is 6.09. The molecular formula is C21H17ClF3NO4. The quantitative estimate of drug-likeness (QED) is 0.503. The third-order valence-electron chi connectivity index (χ3n) is 4.54. The third kappa shape index (κ3) is 4.76. The van der Waals surface area contributed by atoms with Crippen molar-refractivity contribution < 1.29 is 32.2 Å². The fraction of sp³-hybridized carbons (Fsp3) is 0.238. The molecule has 0 aliphatic carbocycles. The molecule has 0 radical (unpaired) electrons. The lowest BCUT2D eigenvalue weighted by atomic mass is 10.0. The van der Waals surface area contributed by atoms with Crippen LogP contribution in [0.2, 0.25) is 5.02 Å². The summed E-state index contributed by atoms with van der Waals surface area (Å²) in [7, 11) is 0. The first-order chi connectivity index (χ1) is 14.1. The van der Waals surface area contributed by atoms with Crippen molar-refractivity contribution in [1.82, 2.24) is 4.98 Å². The highest BCUT2D eigenvalue weighted by atomic mass is 35.5. The molecule has 1 N–H and O–H groups in total. The van der Waals surface area contributed by atoms with Gasteiger partial charge in [0.15, 0.2) is 5.76 Å². The van der Waals surface area contributed by atoms with Crippen molar-refractivity contribution >= 4 is 17.6 Å². The number of carboxylic acid groups (broad SMARTS) is 1. The number of aromatic nitrogens is 1. The molecule has 1 atom stereocenters. The summed E-state index contributed by atoms with van der Waals surface area (Å²) in [6.07, 6.45) is -4.42. The second-order valence-corrected chi connectivity index (χ2v) is 7.05. The lowest BCUT2D eigenvalue weighted by Crippen LogP contribution is -2.07. The molecule has 0 amide bonds. The minimum Gasteiger partial charge on any atom is -0.484 e. The van der Waals surface area contributed by atoms with Crippen LogP contribution in [0.25, 0.3) is 11.5 Å². The van der Waals surface area contributed by atoms with Crippen molar-refractivity contribution in [3.63, 3.8) is 0 Å². The van der Waals surface area contributed by atoms with E-state index in [9.17, 15) is 18.0 Å². The number of benzene rings is 2. The Bertz CT molecular complexity index is 1060. The SMILES string of the molecule is Cc1nc(-c2ccc(C(F)(F)F)cc2)oc1COc1ccc(C(C)C(=O)O)cc1Cl. The molecule has 0 aliphatic heterocycles. The molecule has 2 aromatic carbocycles. The van der Waals surface area contributed by atoms with E-state index < -0.39 is 23.6 Å². The van der Waals surface area contributed by atoms with Crippen molar-refractivity contribution in [2.24, 2.45) is 0 Å². The normalized spacial score (nSPS) is 12.6. The Morgan fingerprint density at radius 1 is 1.23 bits per heavy atom. The van der Waals surface area contributed by atoms with Gasteiger partial charge in [-0.3, -0.25) is 4.79 Å². The number of nitrogens with zero attached hydrogens (tertiary/aromatic N) is 1. The van der Waals surface area contributed by atoms with Gasteiger partial charge in [-0.1, -0.05) is 17.7 Å². The maximum atomic E-state index is 12.7. The first kappa shape index (κ1) is 21.7. The first-order valence-corrected chi connectivity index (χ1v) is 9.23. The average Bonchev–Trinajstić information content (AvgIpc) is 3.06. The van der Waals surface area contributed by atoms with Crippen molar-refractivity contribution in [3.05, 3.63) is 70.1 Å². The minimum atomic E-state index is -4.42. The van der Waals surface area contributed by atoms with Gasteiger partial charge in [0.05, 0.1) is 22.2 Å². The van der Waals surface area contributed by atoms with E-state index in [1.807, 2.05) is 0 Å². The lowest BCUT2D eigenvalue weighted by Gasteiger charge is -2.11. The number of alkyl halides is 3. The highest BCUT2D eigenvalue weighted by Gasteiger charge is 2.30. The molecule has 1 unspecified atom stereocenters. The summed E-state index contributed by atoms with van der Waals surface area (Å²) in [6.45, 7) is 3.23. The van der Waals surface area contributed by atoms with Gasteiger partial charge in [-0.2, -0.15) is 13.2 Å². The summed E-state index contributed by atoms with van der Waals surface area (Å²) < 4.78 is 49.4. The molecule has 0 spiro atoms. The van der Waals surface area contributed by atoms with E-state index in [0.717, 1.165) is 12.1 Å². The van der Waals surface area contributed by atoms with Crippen LogP contribution in [-0.2, 0) is 17.6 Å². The van der Waals surface area contributed by atoms with Gasteiger partial charge in [0, 0.05) is 5.56 Å². The van der Waals surface area contributed by atoms with E-state index in [-0.39, 0.29) is 17.5 Å². The summed E-state index contributed by atoms with van der Waals surface area (Å²) in [5.41, 5.74) is 0.716. The highest BCUT2D eigenvalue weighted by Crippen LogP contribution is 2.32. The van der Waals surface area contributed by atoms with Crippen molar-refractivity contribution in [3.8, 4) is 17.2 Å². The number of aliphatic carboxylic acids is 1. The van der Waals surface area contributed by atoms with Gasteiger partial charge in [0.25, 0.3) is 0 Å². The standard InChI is InChI=1S/C21H17ClF3NO4/c1-11(20(27)28)14-5-8-17(16(22)9-14)29-10-18-12(2)26-19(30-18)13-3-6-15(7-4-13)21(23,24)25/h3-9,11H,10H2,1-2H3,(H,27,28). The largest absolute Gasteiger partial charge is 0.484 e. The number of aryl methyl sites for hydroxylation is 1. The van der Waals surface area contributed by atoms with E-state index >= 15 is 0 Å². The molecule has 158 valence electrons. The van der Waals surface area contributed by atoms with E-state index in [4.69, 9.17) is 25.9 Å².